The zero-order chi connectivity index (χ0) is 19.8. The Morgan fingerprint density at radius 3 is 2.55 bits per heavy atom. The van der Waals surface area contributed by atoms with Crippen molar-refractivity contribution in [3.05, 3.63) is 73.3 Å². The number of ether oxygens (including phenoxy) is 2. The Hall–Kier alpha value is -4.33. The second-order valence-corrected chi connectivity index (χ2v) is 6.20. The summed E-state index contributed by atoms with van der Waals surface area (Å²) in [5, 5.41) is 0.354. The van der Waals surface area contributed by atoms with Crippen molar-refractivity contribution in [2.75, 3.05) is 0 Å². The molecule has 5 rings (SSSR count). The molecule has 0 radical (unpaired) electrons. The molecule has 8 nitrogen and oxygen atoms in total. The molecule has 0 unspecified atom stereocenters. The zero-order valence-corrected chi connectivity index (χ0v) is 14.9. The standard InChI is InChI=1S/C21H12N4O4/c26-17-7-8-18(27)29-21-19-15(5-2-6-16(19)28-17)23-20(24-21)13-3-1-4-14(11-13)25-10-9-22-12-25/h1-12H/b8-7-. The fraction of sp³-hybridized carbons (Fsp3) is 0. The van der Waals surface area contributed by atoms with Gasteiger partial charge in [0, 0.05) is 35.8 Å². The van der Waals surface area contributed by atoms with Crippen LogP contribution in [0.4, 0.5) is 0 Å². The maximum Gasteiger partial charge on any atom is 0.337 e. The number of imidazole rings is 1. The van der Waals surface area contributed by atoms with Crippen molar-refractivity contribution in [1.82, 2.24) is 19.5 Å². The Morgan fingerprint density at radius 2 is 1.72 bits per heavy atom. The second kappa shape index (κ2) is 6.68. The van der Waals surface area contributed by atoms with Crippen LogP contribution >= 0.6 is 0 Å². The van der Waals surface area contributed by atoms with Crippen molar-refractivity contribution in [3.63, 3.8) is 0 Å². The van der Waals surface area contributed by atoms with Gasteiger partial charge in [0.1, 0.15) is 11.1 Å². The predicted molar refractivity (Wildman–Crippen MR) is 103 cm³/mol. The summed E-state index contributed by atoms with van der Waals surface area (Å²) >= 11 is 0. The average molecular weight is 384 g/mol. The van der Waals surface area contributed by atoms with E-state index < -0.39 is 11.9 Å². The summed E-state index contributed by atoms with van der Waals surface area (Å²) in [6, 6.07) is 12.6. The molecule has 1 aliphatic rings. The van der Waals surface area contributed by atoms with Crippen LogP contribution in [0.5, 0.6) is 11.6 Å². The van der Waals surface area contributed by atoms with Crippen LogP contribution in [0.3, 0.4) is 0 Å². The summed E-state index contributed by atoms with van der Waals surface area (Å²) in [5.74, 6) is -0.788. The number of esters is 2. The quantitative estimate of drug-likeness (QED) is 0.387. The van der Waals surface area contributed by atoms with Gasteiger partial charge in [-0.25, -0.2) is 19.6 Å². The summed E-state index contributed by atoms with van der Waals surface area (Å²) in [7, 11) is 0. The monoisotopic (exact) mass is 384 g/mol. The van der Waals surface area contributed by atoms with E-state index in [1.165, 1.54) is 0 Å². The molecule has 0 aliphatic carbocycles. The Labute approximate surface area is 164 Å². The number of rotatable bonds is 2. The van der Waals surface area contributed by atoms with Crippen LogP contribution in [0.25, 0.3) is 28.0 Å². The highest BCUT2D eigenvalue weighted by Gasteiger charge is 2.20. The van der Waals surface area contributed by atoms with Gasteiger partial charge >= 0.3 is 11.9 Å². The maximum atomic E-state index is 12.1. The zero-order valence-electron chi connectivity index (χ0n) is 14.9. The first-order valence-corrected chi connectivity index (χ1v) is 8.68. The second-order valence-electron chi connectivity index (χ2n) is 6.20. The smallest absolute Gasteiger partial charge is 0.337 e. The van der Waals surface area contributed by atoms with Crippen molar-refractivity contribution in [2.24, 2.45) is 0 Å². The topological polar surface area (TPSA) is 96.2 Å². The van der Waals surface area contributed by atoms with Gasteiger partial charge in [0.2, 0.25) is 5.88 Å². The summed E-state index contributed by atoms with van der Waals surface area (Å²) in [5.41, 5.74) is 2.09. The van der Waals surface area contributed by atoms with E-state index in [2.05, 4.69) is 15.0 Å². The number of nitrogens with zero attached hydrogens (tertiary/aromatic N) is 4. The lowest BCUT2D eigenvalue weighted by Crippen LogP contribution is -2.07. The molecule has 140 valence electrons. The number of carbonyl (C=O) groups excluding carboxylic acids is 2. The maximum absolute atomic E-state index is 12.1. The molecule has 2 aromatic carbocycles. The van der Waals surface area contributed by atoms with Crippen molar-refractivity contribution in [1.29, 1.82) is 0 Å². The molecular weight excluding hydrogens is 372 g/mol. The molecule has 1 aliphatic heterocycles. The largest absolute Gasteiger partial charge is 0.422 e. The minimum Gasteiger partial charge on any atom is -0.422 e. The first-order valence-electron chi connectivity index (χ1n) is 8.68. The van der Waals surface area contributed by atoms with Gasteiger partial charge in [-0.1, -0.05) is 18.2 Å². The van der Waals surface area contributed by atoms with E-state index in [1.807, 2.05) is 35.0 Å². The molecule has 2 aromatic heterocycles. The van der Waals surface area contributed by atoms with E-state index in [1.54, 1.807) is 30.7 Å². The number of hydrogen-bond donors (Lipinski definition) is 0. The molecule has 0 spiro atoms. The first kappa shape index (κ1) is 16.8. The molecule has 29 heavy (non-hydrogen) atoms. The highest BCUT2D eigenvalue weighted by Crippen LogP contribution is 2.34. The van der Waals surface area contributed by atoms with Crippen LogP contribution in [0.1, 0.15) is 0 Å². The lowest BCUT2D eigenvalue weighted by atomic mass is 10.1. The predicted octanol–water partition coefficient (Wildman–Crippen LogP) is 2.86. The number of benzene rings is 2. The van der Waals surface area contributed by atoms with Crippen molar-refractivity contribution in [2.45, 2.75) is 0 Å². The van der Waals surface area contributed by atoms with E-state index in [4.69, 9.17) is 9.47 Å². The number of carbonyl (C=O) groups is 2. The van der Waals surface area contributed by atoms with Crippen molar-refractivity contribution >= 4 is 22.8 Å². The molecule has 3 heterocycles. The fourth-order valence-electron chi connectivity index (χ4n) is 3.03. The van der Waals surface area contributed by atoms with Crippen molar-refractivity contribution in [3.8, 4) is 28.7 Å². The fourth-order valence-corrected chi connectivity index (χ4v) is 3.03. The van der Waals surface area contributed by atoms with Gasteiger partial charge in [0.25, 0.3) is 0 Å². The lowest BCUT2D eigenvalue weighted by Gasteiger charge is -2.11. The molecule has 8 heteroatoms. The van der Waals surface area contributed by atoms with Gasteiger partial charge in [-0.2, -0.15) is 4.98 Å². The lowest BCUT2D eigenvalue weighted by molar-refractivity contribution is -0.131. The highest BCUT2D eigenvalue weighted by atomic mass is 16.6. The summed E-state index contributed by atoms with van der Waals surface area (Å²) < 4.78 is 12.5. The van der Waals surface area contributed by atoms with Crippen LogP contribution in [0.15, 0.2) is 73.3 Å². The van der Waals surface area contributed by atoms with Crippen molar-refractivity contribution < 1.29 is 19.1 Å². The van der Waals surface area contributed by atoms with Gasteiger partial charge in [-0.15, -0.1) is 0 Å². The van der Waals surface area contributed by atoms with E-state index in [9.17, 15) is 9.59 Å². The van der Waals surface area contributed by atoms with E-state index in [-0.39, 0.29) is 11.6 Å². The highest BCUT2D eigenvalue weighted by molar-refractivity contribution is 6.00. The molecule has 0 saturated heterocycles. The summed E-state index contributed by atoms with van der Waals surface area (Å²) in [6.07, 6.45) is 7.22. The van der Waals surface area contributed by atoms with Gasteiger partial charge in [-0.05, 0) is 24.3 Å². The summed E-state index contributed by atoms with van der Waals surface area (Å²) in [4.78, 5) is 37.0. The average Bonchev–Trinajstić information content (AvgIpc) is 3.28. The van der Waals surface area contributed by atoms with Gasteiger partial charge in [0.05, 0.1) is 11.8 Å². The summed E-state index contributed by atoms with van der Waals surface area (Å²) in [6.45, 7) is 0. The molecular formula is C21H12N4O4. The first-order chi connectivity index (χ1) is 14.2. The normalized spacial score (nSPS) is 14.5. The number of hydrogen-bond acceptors (Lipinski definition) is 7. The third kappa shape index (κ3) is 3.12. The minimum atomic E-state index is -0.725. The van der Waals surface area contributed by atoms with Crippen LogP contribution in [0.2, 0.25) is 0 Å². The van der Waals surface area contributed by atoms with Gasteiger partial charge in [0.15, 0.2) is 5.82 Å². The Kier molecular flexibility index (Phi) is 3.87. The Bertz CT molecular complexity index is 1300. The Balaban J connectivity index is 1.70. The molecule has 0 atom stereocenters. The van der Waals surface area contributed by atoms with Gasteiger partial charge < -0.3 is 14.0 Å². The molecule has 0 amide bonds. The van der Waals surface area contributed by atoms with Crippen LogP contribution in [-0.2, 0) is 9.59 Å². The van der Waals surface area contributed by atoms with E-state index >= 15 is 0 Å². The van der Waals surface area contributed by atoms with Crippen LogP contribution in [0, 0.1) is 0 Å². The third-order valence-electron chi connectivity index (χ3n) is 4.32. The molecule has 0 saturated carbocycles. The Morgan fingerprint density at radius 1 is 0.897 bits per heavy atom. The van der Waals surface area contributed by atoms with E-state index in [0.717, 1.165) is 23.4 Å². The molecule has 0 bridgehead atoms. The van der Waals surface area contributed by atoms with Crippen LogP contribution < -0.4 is 9.47 Å². The number of aromatic nitrogens is 4. The third-order valence-corrected chi connectivity index (χ3v) is 4.32. The minimum absolute atomic E-state index is 0.0259. The van der Waals surface area contributed by atoms with E-state index in [0.29, 0.717) is 16.7 Å². The van der Waals surface area contributed by atoms with Gasteiger partial charge in [-0.3, -0.25) is 0 Å². The van der Waals surface area contributed by atoms with Crippen LogP contribution in [-0.4, -0.2) is 31.5 Å². The molecule has 0 N–H and O–H groups in total. The SMILES string of the molecule is O=C1/C=C\C(=O)Oc2nc(-c3cccc(-n4ccnc4)c3)nc3cccc(c23)O1. The molecule has 0 fully saturated rings. The molecule has 4 aromatic rings.